The van der Waals surface area contributed by atoms with Gasteiger partial charge in [-0.2, -0.15) is 0 Å². The van der Waals surface area contributed by atoms with Gasteiger partial charge in [-0.05, 0) is 33.6 Å². The number of aliphatic hydroxyl groups is 1. The number of rotatable bonds is 1. The topological polar surface area (TPSA) is 49.8 Å². The summed E-state index contributed by atoms with van der Waals surface area (Å²) in [5.41, 5.74) is -0.469. The van der Waals surface area contributed by atoms with Crippen molar-refractivity contribution in [3.8, 4) is 0 Å². The number of amides is 1. The van der Waals surface area contributed by atoms with E-state index < -0.39 is 11.7 Å². The molecule has 1 amide bonds. The van der Waals surface area contributed by atoms with Crippen LogP contribution in [0, 0.1) is 0 Å². The Morgan fingerprint density at radius 3 is 2.60 bits per heavy atom. The molecule has 0 bridgehead atoms. The zero-order valence-electron chi connectivity index (χ0n) is 9.99. The molecule has 0 aromatic rings. The molecule has 1 saturated heterocycles. The van der Waals surface area contributed by atoms with Crippen LogP contribution in [0.5, 0.6) is 0 Å². The van der Waals surface area contributed by atoms with Gasteiger partial charge in [-0.15, -0.1) is 0 Å². The van der Waals surface area contributed by atoms with Gasteiger partial charge in [0.15, 0.2) is 0 Å². The van der Waals surface area contributed by atoms with Crippen LogP contribution in [0.15, 0.2) is 0 Å². The van der Waals surface area contributed by atoms with E-state index in [4.69, 9.17) is 4.74 Å². The first kappa shape index (κ1) is 12.3. The molecule has 1 aliphatic rings. The molecule has 88 valence electrons. The molecule has 1 aliphatic heterocycles. The lowest BCUT2D eigenvalue weighted by Crippen LogP contribution is -2.39. The van der Waals surface area contributed by atoms with Gasteiger partial charge in [0, 0.05) is 6.04 Å². The minimum Gasteiger partial charge on any atom is -0.444 e. The number of hydrogen-bond donors (Lipinski definition) is 1. The van der Waals surface area contributed by atoms with Gasteiger partial charge in [0.2, 0.25) is 0 Å². The zero-order valence-corrected chi connectivity index (χ0v) is 9.99. The van der Waals surface area contributed by atoms with Crippen LogP contribution in [-0.2, 0) is 4.74 Å². The maximum atomic E-state index is 11.8. The summed E-state index contributed by atoms with van der Waals surface area (Å²) in [7, 11) is 0. The molecular formula is C11H21NO3. The van der Waals surface area contributed by atoms with Crippen LogP contribution in [-0.4, -0.2) is 40.4 Å². The lowest BCUT2D eigenvalue weighted by molar-refractivity contribution is 0.0206. The Labute approximate surface area is 91.2 Å². The maximum Gasteiger partial charge on any atom is 0.410 e. The van der Waals surface area contributed by atoms with Crippen molar-refractivity contribution in [3.63, 3.8) is 0 Å². The van der Waals surface area contributed by atoms with Crippen LogP contribution in [0.25, 0.3) is 0 Å². The van der Waals surface area contributed by atoms with E-state index in [9.17, 15) is 9.90 Å². The molecule has 1 rings (SSSR count). The highest BCUT2D eigenvalue weighted by Gasteiger charge is 2.35. The SMILES string of the molecule is CC[C@H]1C[C@H](O)CN1C(=O)OC(C)(C)C. The van der Waals surface area contributed by atoms with Crippen LogP contribution < -0.4 is 0 Å². The van der Waals surface area contributed by atoms with Crippen LogP contribution in [0.1, 0.15) is 40.5 Å². The molecule has 1 heterocycles. The summed E-state index contributed by atoms with van der Waals surface area (Å²) >= 11 is 0. The quantitative estimate of drug-likeness (QED) is 0.725. The number of ether oxygens (including phenoxy) is 1. The van der Waals surface area contributed by atoms with Crippen LogP contribution in [0.4, 0.5) is 4.79 Å². The third-order valence-electron chi connectivity index (χ3n) is 2.49. The second kappa shape index (κ2) is 4.39. The Balaban J connectivity index is 2.59. The average Bonchev–Trinajstić information content (AvgIpc) is 2.43. The zero-order chi connectivity index (χ0) is 11.6. The summed E-state index contributed by atoms with van der Waals surface area (Å²) in [6.07, 6.45) is 0.805. The first-order valence-electron chi connectivity index (χ1n) is 5.51. The summed E-state index contributed by atoms with van der Waals surface area (Å²) in [6, 6.07) is 0.120. The van der Waals surface area contributed by atoms with E-state index in [1.54, 1.807) is 4.90 Å². The van der Waals surface area contributed by atoms with Gasteiger partial charge in [-0.1, -0.05) is 6.92 Å². The average molecular weight is 215 g/mol. The highest BCUT2D eigenvalue weighted by atomic mass is 16.6. The molecule has 0 spiro atoms. The van der Waals surface area contributed by atoms with E-state index in [1.807, 2.05) is 27.7 Å². The van der Waals surface area contributed by atoms with E-state index in [1.165, 1.54) is 0 Å². The summed E-state index contributed by atoms with van der Waals surface area (Å²) in [5, 5.41) is 9.50. The molecule has 0 radical (unpaired) electrons. The van der Waals surface area contributed by atoms with Crippen molar-refractivity contribution in [2.45, 2.75) is 58.3 Å². The fourth-order valence-electron chi connectivity index (χ4n) is 1.82. The van der Waals surface area contributed by atoms with Crippen molar-refractivity contribution in [1.82, 2.24) is 4.90 Å². The lowest BCUT2D eigenvalue weighted by Gasteiger charge is -2.27. The molecule has 0 aromatic heterocycles. The van der Waals surface area contributed by atoms with E-state index in [0.717, 1.165) is 6.42 Å². The van der Waals surface area contributed by atoms with Crippen molar-refractivity contribution in [2.75, 3.05) is 6.54 Å². The van der Waals surface area contributed by atoms with Gasteiger partial charge in [-0.3, -0.25) is 0 Å². The van der Waals surface area contributed by atoms with Gasteiger partial charge in [0.1, 0.15) is 5.60 Å². The third kappa shape index (κ3) is 3.38. The standard InChI is InChI=1S/C11H21NO3/c1-5-8-6-9(13)7-12(8)10(14)15-11(2,3)4/h8-9,13H,5-7H2,1-4H3/t8-,9-/m0/s1. The van der Waals surface area contributed by atoms with Crippen molar-refractivity contribution in [2.24, 2.45) is 0 Å². The highest BCUT2D eigenvalue weighted by molar-refractivity contribution is 5.69. The lowest BCUT2D eigenvalue weighted by atomic mass is 10.1. The molecule has 4 nitrogen and oxygen atoms in total. The fraction of sp³-hybridized carbons (Fsp3) is 0.909. The molecule has 0 aliphatic carbocycles. The maximum absolute atomic E-state index is 11.8. The van der Waals surface area contributed by atoms with E-state index in [2.05, 4.69) is 0 Å². The Bertz CT molecular complexity index is 234. The molecule has 0 aromatic carbocycles. The van der Waals surface area contributed by atoms with E-state index >= 15 is 0 Å². The number of hydrogen-bond acceptors (Lipinski definition) is 3. The normalized spacial score (nSPS) is 26.9. The van der Waals surface area contributed by atoms with Crippen LogP contribution in [0.3, 0.4) is 0 Å². The van der Waals surface area contributed by atoms with Crippen LogP contribution in [0.2, 0.25) is 0 Å². The molecule has 1 fully saturated rings. The van der Waals surface area contributed by atoms with Gasteiger partial charge in [0.25, 0.3) is 0 Å². The summed E-state index contributed by atoms with van der Waals surface area (Å²) < 4.78 is 5.28. The number of aliphatic hydroxyl groups excluding tert-OH is 1. The monoisotopic (exact) mass is 215 g/mol. The number of β-amino-alcohol motifs (C(OH)–C–C–N with tert-alkyl or cyclic N) is 1. The van der Waals surface area contributed by atoms with Crippen molar-refractivity contribution in [1.29, 1.82) is 0 Å². The van der Waals surface area contributed by atoms with E-state index in [0.29, 0.717) is 13.0 Å². The Morgan fingerprint density at radius 2 is 2.13 bits per heavy atom. The number of carbonyl (C=O) groups is 1. The fourth-order valence-corrected chi connectivity index (χ4v) is 1.82. The molecule has 4 heteroatoms. The third-order valence-corrected chi connectivity index (χ3v) is 2.49. The predicted octanol–water partition coefficient (Wildman–Crippen LogP) is 1.77. The minimum atomic E-state index is -0.469. The molecule has 0 saturated carbocycles. The van der Waals surface area contributed by atoms with Crippen molar-refractivity contribution >= 4 is 6.09 Å². The number of likely N-dealkylation sites (tertiary alicyclic amines) is 1. The second-order valence-electron chi connectivity index (χ2n) is 5.08. The number of nitrogens with zero attached hydrogens (tertiary/aromatic N) is 1. The molecule has 1 N–H and O–H groups in total. The number of carbonyl (C=O) groups excluding carboxylic acids is 1. The summed E-state index contributed by atoms with van der Waals surface area (Å²) in [5.74, 6) is 0. The van der Waals surface area contributed by atoms with Crippen LogP contribution >= 0.6 is 0 Å². The molecule has 15 heavy (non-hydrogen) atoms. The summed E-state index contributed by atoms with van der Waals surface area (Å²) in [6.45, 7) is 7.95. The first-order valence-corrected chi connectivity index (χ1v) is 5.51. The smallest absolute Gasteiger partial charge is 0.410 e. The Kier molecular flexibility index (Phi) is 3.60. The first-order chi connectivity index (χ1) is 6.83. The summed E-state index contributed by atoms with van der Waals surface area (Å²) in [4.78, 5) is 13.4. The largest absolute Gasteiger partial charge is 0.444 e. The van der Waals surface area contributed by atoms with E-state index in [-0.39, 0.29) is 12.1 Å². The van der Waals surface area contributed by atoms with Crippen molar-refractivity contribution in [3.05, 3.63) is 0 Å². The van der Waals surface area contributed by atoms with Gasteiger partial charge in [0.05, 0.1) is 12.6 Å². The highest BCUT2D eigenvalue weighted by Crippen LogP contribution is 2.22. The molecular weight excluding hydrogens is 194 g/mol. The Morgan fingerprint density at radius 1 is 1.53 bits per heavy atom. The minimum absolute atomic E-state index is 0.120. The van der Waals surface area contributed by atoms with Gasteiger partial charge in [-0.25, -0.2) is 4.79 Å². The van der Waals surface area contributed by atoms with Gasteiger partial charge >= 0.3 is 6.09 Å². The molecule has 0 unspecified atom stereocenters. The Hall–Kier alpha value is -0.770. The van der Waals surface area contributed by atoms with Crippen molar-refractivity contribution < 1.29 is 14.6 Å². The predicted molar refractivity (Wildman–Crippen MR) is 57.6 cm³/mol. The van der Waals surface area contributed by atoms with Gasteiger partial charge < -0.3 is 14.7 Å². The second-order valence-corrected chi connectivity index (χ2v) is 5.08. The molecule has 2 atom stereocenters.